The second-order valence-electron chi connectivity index (χ2n) is 5.96. The first-order chi connectivity index (χ1) is 9.66. The SMILES string of the molecule is CC(C)[C@H](Cc1ccccc1)C(=O)N[C@@H]1CCCOC1. The van der Waals surface area contributed by atoms with Crippen LogP contribution in [0.2, 0.25) is 0 Å². The van der Waals surface area contributed by atoms with Crippen molar-refractivity contribution in [3.63, 3.8) is 0 Å². The molecule has 0 saturated carbocycles. The Hall–Kier alpha value is -1.35. The van der Waals surface area contributed by atoms with E-state index in [-0.39, 0.29) is 17.9 Å². The molecule has 1 aliphatic rings. The normalized spacial score (nSPS) is 20.6. The molecule has 1 fully saturated rings. The Bertz CT molecular complexity index is 410. The minimum Gasteiger partial charge on any atom is -0.379 e. The Balaban J connectivity index is 1.95. The number of hydrogen-bond donors (Lipinski definition) is 1. The molecule has 2 rings (SSSR count). The van der Waals surface area contributed by atoms with Crippen LogP contribution in [-0.4, -0.2) is 25.2 Å². The number of nitrogens with one attached hydrogen (secondary N) is 1. The molecule has 20 heavy (non-hydrogen) atoms. The minimum atomic E-state index is 0.0272. The van der Waals surface area contributed by atoms with Crippen molar-refractivity contribution in [2.45, 2.75) is 39.2 Å². The van der Waals surface area contributed by atoms with E-state index >= 15 is 0 Å². The van der Waals surface area contributed by atoms with E-state index < -0.39 is 0 Å². The summed E-state index contributed by atoms with van der Waals surface area (Å²) >= 11 is 0. The van der Waals surface area contributed by atoms with Gasteiger partial charge in [0.05, 0.1) is 12.6 Å². The standard InChI is InChI=1S/C17H25NO2/c1-13(2)16(11-14-7-4-3-5-8-14)17(19)18-15-9-6-10-20-12-15/h3-5,7-8,13,15-16H,6,9-12H2,1-2H3,(H,18,19)/t15-,16+/m1/s1. The predicted molar refractivity (Wildman–Crippen MR) is 80.5 cm³/mol. The zero-order chi connectivity index (χ0) is 14.4. The fraction of sp³-hybridized carbons (Fsp3) is 0.588. The number of rotatable bonds is 5. The molecule has 110 valence electrons. The highest BCUT2D eigenvalue weighted by atomic mass is 16.5. The van der Waals surface area contributed by atoms with Crippen LogP contribution < -0.4 is 5.32 Å². The van der Waals surface area contributed by atoms with Gasteiger partial charge in [-0.2, -0.15) is 0 Å². The average molecular weight is 275 g/mol. The van der Waals surface area contributed by atoms with Crippen molar-refractivity contribution in [1.29, 1.82) is 0 Å². The molecule has 0 unspecified atom stereocenters. The highest BCUT2D eigenvalue weighted by Crippen LogP contribution is 2.18. The van der Waals surface area contributed by atoms with Crippen LogP contribution in [0, 0.1) is 11.8 Å². The maximum atomic E-state index is 12.5. The molecule has 2 atom stereocenters. The number of hydrogen-bond acceptors (Lipinski definition) is 2. The van der Waals surface area contributed by atoms with E-state index in [9.17, 15) is 4.79 Å². The number of benzene rings is 1. The Labute approximate surface area is 121 Å². The molecule has 0 bridgehead atoms. The third kappa shape index (κ3) is 4.34. The molecule has 1 aliphatic heterocycles. The van der Waals surface area contributed by atoms with Gasteiger partial charge in [0.15, 0.2) is 0 Å². The molecule has 3 nitrogen and oxygen atoms in total. The lowest BCUT2D eigenvalue weighted by Crippen LogP contribution is -2.45. The summed E-state index contributed by atoms with van der Waals surface area (Å²) in [4.78, 5) is 12.5. The maximum Gasteiger partial charge on any atom is 0.223 e. The van der Waals surface area contributed by atoms with Crippen molar-refractivity contribution in [3.8, 4) is 0 Å². The largest absolute Gasteiger partial charge is 0.379 e. The molecule has 0 radical (unpaired) electrons. The number of carbonyl (C=O) groups is 1. The summed E-state index contributed by atoms with van der Waals surface area (Å²) in [6.45, 7) is 5.71. The molecule has 0 aliphatic carbocycles. The quantitative estimate of drug-likeness (QED) is 0.897. The molecule has 1 aromatic carbocycles. The summed E-state index contributed by atoms with van der Waals surface area (Å²) < 4.78 is 5.43. The van der Waals surface area contributed by atoms with E-state index in [0.717, 1.165) is 25.9 Å². The highest BCUT2D eigenvalue weighted by Gasteiger charge is 2.25. The summed E-state index contributed by atoms with van der Waals surface area (Å²) in [7, 11) is 0. The Morgan fingerprint density at radius 3 is 2.70 bits per heavy atom. The minimum absolute atomic E-state index is 0.0272. The zero-order valence-corrected chi connectivity index (χ0v) is 12.5. The van der Waals surface area contributed by atoms with Crippen LogP contribution in [-0.2, 0) is 16.0 Å². The third-order valence-electron chi connectivity index (χ3n) is 3.95. The van der Waals surface area contributed by atoms with Crippen molar-refractivity contribution in [3.05, 3.63) is 35.9 Å². The van der Waals surface area contributed by atoms with Crippen LogP contribution in [0.25, 0.3) is 0 Å². The number of carbonyl (C=O) groups excluding carboxylic acids is 1. The summed E-state index contributed by atoms with van der Waals surface area (Å²) in [5.74, 6) is 0.526. The summed E-state index contributed by atoms with van der Waals surface area (Å²) in [6.07, 6.45) is 2.87. The fourth-order valence-corrected chi connectivity index (χ4v) is 2.66. The van der Waals surface area contributed by atoms with E-state index in [2.05, 4.69) is 31.3 Å². The molecule has 1 aromatic rings. The molecule has 1 N–H and O–H groups in total. The van der Waals surface area contributed by atoms with Gasteiger partial charge in [-0.15, -0.1) is 0 Å². The highest BCUT2D eigenvalue weighted by molar-refractivity contribution is 5.79. The lowest BCUT2D eigenvalue weighted by atomic mass is 9.88. The molecule has 1 amide bonds. The van der Waals surface area contributed by atoms with E-state index in [1.54, 1.807) is 0 Å². The Kier molecular flexibility index (Phi) is 5.60. The summed E-state index contributed by atoms with van der Waals surface area (Å²) in [5.41, 5.74) is 1.22. The molecule has 1 heterocycles. The van der Waals surface area contributed by atoms with Gasteiger partial charge in [0.2, 0.25) is 5.91 Å². The second kappa shape index (κ2) is 7.44. The summed E-state index contributed by atoms with van der Waals surface area (Å²) in [6, 6.07) is 10.4. The second-order valence-corrected chi connectivity index (χ2v) is 5.96. The monoisotopic (exact) mass is 275 g/mol. The van der Waals surface area contributed by atoms with Crippen molar-refractivity contribution < 1.29 is 9.53 Å². The van der Waals surface area contributed by atoms with Gasteiger partial charge in [0.25, 0.3) is 0 Å². The van der Waals surface area contributed by atoms with Crippen molar-refractivity contribution in [2.75, 3.05) is 13.2 Å². The van der Waals surface area contributed by atoms with Gasteiger partial charge in [-0.25, -0.2) is 0 Å². The van der Waals surface area contributed by atoms with Crippen molar-refractivity contribution >= 4 is 5.91 Å². The first-order valence-corrected chi connectivity index (χ1v) is 7.59. The van der Waals surface area contributed by atoms with Crippen molar-refractivity contribution in [1.82, 2.24) is 5.32 Å². The van der Waals surface area contributed by atoms with Gasteiger partial charge in [-0.1, -0.05) is 44.2 Å². The van der Waals surface area contributed by atoms with Gasteiger partial charge in [-0.3, -0.25) is 4.79 Å². The van der Waals surface area contributed by atoms with Gasteiger partial charge < -0.3 is 10.1 Å². The van der Waals surface area contributed by atoms with Crippen LogP contribution in [0.3, 0.4) is 0 Å². The number of ether oxygens (including phenoxy) is 1. The van der Waals surface area contributed by atoms with Crippen LogP contribution in [0.4, 0.5) is 0 Å². The van der Waals surface area contributed by atoms with E-state index in [1.807, 2.05) is 18.2 Å². The molecule has 0 spiro atoms. The van der Waals surface area contributed by atoms with E-state index in [1.165, 1.54) is 5.56 Å². The smallest absolute Gasteiger partial charge is 0.223 e. The first-order valence-electron chi connectivity index (χ1n) is 7.59. The lowest BCUT2D eigenvalue weighted by Gasteiger charge is -2.27. The zero-order valence-electron chi connectivity index (χ0n) is 12.5. The van der Waals surface area contributed by atoms with E-state index in [0.29, 0.717) is 12.5 Å². The van der Waals surface area contributed by atoms with Gasteiger partial charge in [0.1, 0.15) is 0 Å². The van der Waals surface area contributed by atoms with Crippen LogP contribution in [0.1, 0.15) is 32.3 Å². The average Bonchev–Trinajstić information content (AvgIpc) is 2.46. The van der Waals surface area contributed by atoms with E-state index in [4.69, 9.17) is 4.74 Å². The topological polar surface area (TPSA) is 38.3 Å². The van der Waals surface area contributed by atoms with Gasteiger partial charge >= 0.3 is 0 Å². The fourth-order valence-electron chi connectivity index (χ4n) is 2.66. The van der Waals surface area contributed by atoms with Gasteiger partial charge in [-0.05, 0) is 30.7 Å². The molecular formula is C17H25NO2. The Morgan fingerprint density at radius 1 is 1.35 bits per heavy atom. The molecule has 3 heteroatoms. The first kappa shape index (κ1) is 15.0. The molecule has 1 saturated heterocycles. The maximum absolute atomic E-state index is 12.5. The predicted octanol–water partition coefficient (Wildman–Crippen LogP) is 2.80. The molecular weight excluding hydrogens is 250 g/mol. The number of amides is 1. The van der Waals surface area contributed by atoms with Crippen molar-refractivity contribution in [2.24, 2.45) is 11.8 Å². The van der Waals surface area contributed by atoms with Crippen LogP contribution >= 0.6 is 0 Å². The lowest BCUT2D eigenvalue weighted by molar-refractivity contribution is -0.128. The third-order valence-corrected chi connectivity index (χ3v) is 3.95. The van der Waals surface area contributed by atoms with Crippen LogP contribution in [0.5, 0.6) is 0 Å². The Morgan fingerprint density at radius 2 is 2.10 bits per heavy atom. The summed E-state index contributed by atoms with van der Waals surface area (Å²) in [5, 5.41) is 3.16. The van der Waals surface area contributed by atoms with Crippen LogP contribution in [0.15, 0.2) is 30.3 Å². The van der Waals surface area contributed by atoms with Gasteiger partial charge in [0, 0.05) is 12.5 Å². The molecule has 0 aromatic heterocycles.